The molecule has 7 heteroatoms. The van der Waals surface area contributed by atoms with Gasteiger partial charge in [-0.3, -0.25) is 10.1 Å². The first-order valence-corrected chi connectivity index (χ1v) is 8.93. The molecule has 1 atom stereocenters. The fraction of sp³-hybridized carbons (Fsp3) is 0.588. The molecule has 1 aliphatic carbocycles. The van der Waals surface area contributed by atoms with Crippen LogP contribution in [-0.2, 0) is 22.4 Å². The molecule has 2 rings (SSSR count). The topological polar surface area (TPSA) is 84.5 Å². The van der Waals surface area contributed by atoms with Crippen molar-refractivity contribution < 1.29 is 19.1 Å². The molecule has 0 bridgehead atoms. The Bertz CT molecular complexity index is 622. The highest BCUT2D eigenvalue weighted by Crippen LogP contribution is 2.30. The van der Waals surface area contributed by atoms with Crippen molar-refractivity contribution in [2.75, 3.05) is 0 Å². The van der Waals surface area contributed by atoms with Crippen molar-refractivity contribution in [3.8, 4) is 0 Å². The SMILES string of the molecule is C[C@@H](OC(=O)c1cc2c(s1)CCCC2)C(=O)NC(=O)NC(C)(C)C. The fourth-order valence-electron chi connectivity index (χ4n) is 2.45. The lowest BCUT2D eigenvalue weighted by molar-refractivity contribution is -0.127. The highest BCUT2D eigenvalue weighted by Gasteiger charge is 2.24. The van der Waals surface area contributed by atoms with E-state index in [9.17, 15) is 14.4 Å². The standard InChI is InChI=1S/C17H24N2O4S/c1-10(14(20)18-16(22)19-17(2,3)4)23-15(21)13-9-11-7-5-6-8-12(11)24-13/h9-10H,5-8H2,1-4H3,(H2,18,19,20,22)/t10-/m1/s1. The minimum atomic E-state index is -1.04. The lowest BCUT2D eigenvalue weighted by Gasteiger charge is -2.21. The molecular weight excluding hydrogens is 328 g/mol. The molecule has 0 radical (unpaired) electrons. The summed E-state index contributed by atoms with van der Waals surface area (Å²) in [5, 5.41) is 4.79. The molecule has 0 saturated carbocycles. The van der Waals surface area contributed by atoms with Gasteiger partial charge in [-0.15, -0.1) is 11.3 Å². The summed E-state index contributed by atoms with van der Waals surface area (Å²) in [6.07, 6.45) is 3.23. The third-order valence-electron chi connectivity index (χ3n) is 3.58. The van der Waals surface area contributed by atoms with Gasteiger partial charge in [-0.05, 0) is 65.0 Å². The molecule has 0 unspecified atom stereocenters. The maximum absolute atomic E-state index is 12.2. The van der Waals surface area contributed by atoms with Crippen LogP contribution in [0.5, 0.6) is 0 Å². The van der Waals surface area contributed by atoms with Gasteiger partial charge >= 0.3 is 12.0 Å². The van der Waals surface area contributed by atoms with Crippen molar-refractivity contribution in [2.24, 2.45) is 0 Å². The number of amides is 3. The lowest BCUT2D eigenvalue weighted by Crippen LogP contribution is -2.50. The van der Waals surface area contributed by atoms with Gasteiger partial charge in [0, 0.05) is 10.4 Å². The van der Waals surface area contributed by atoms with Gasteiger partial charge in [-0.25, -0.2) is 9.59 Å². The summed E-state index contributed by atoms with van der Waals surface area (Å²) in [6, 6.07) is 1.25. The number of esters is 1. The second kappa shape index (κ2) is 7.34. The number of nitrogens with one attached hydrogen (secondary N) is 2. The number of rotatable bonds is 3. The van der Waals surface area contributed by atoms with Gasteiger partial charge in [0.2, 0.25) is 0 Å². The largest absolute Gasteiger partial charge is 0.448 e. The van der Waals surface area contributed by atoms with Crippen LogP contribution >= 0.6 is 11.3 Å². The molecule has 0 saturated heterocycles. The van der Waals surface area contributed by atoms with Crippen molar-refractivity contribution in [1.82, 2.24) is 10.6 Å². The first kappa shape index (κ1) is 18.4. The molecule has 3 amide bonds. The number of aryl methyl sites for hydroxylation is 2. The number of urea groups is 1. The van der Waals surface area contributed by atoms with Crippen molar-refractivity contribution in [2.45, 2.75) is 65.0 Å². The number of imide groups is 1. The molecule has 0 aromatic carbocycles. The zero-order valence-corrected chi connectivity index (χ0v) is 15.3. The number of carbonyl (C=O) groups is 3. The van der Waals surface area contributed by atoms with Crippen LogP contribution in [0.3, 0.4) is 0 Å². The van der Waals surface area contributed by atoms with E-state index in [0.29, 0.717) is 4.88 Å². The summed E-state index contributed by atoms with van der Waals surface area (Å²) in [4.78, 5) is 37.6. The number of hydrogen-bond acceptors (Lipinski definition) is 5. The summed E-state index contributed by atoms with van der Waals surface area (Å²) in [7, 11) is 0. The van der Waals surface area contributed by atoms with E-state index in [1.54, 1.807) is 20.8 Å². The van der Waals surface area contributed by atoms with Gasteiger partial charge in [-0.1, -0.05) is 0 Å². The zero-order chi connectivity index (χ0) is 17.9. The number of ether oxygens (including phenoxy) is 1. The normalized spacial score (nSPS) is 15.2. The van der Waals surface area contributed by atoms with Crippen molar-refractivity contribution in [3.05, 3.63) is 21.4 Å². The predicted molar refractivity (Wildman–Crippen MR) is 92.3 cm³/mol. The first-order valence-electron chi connectivity index (χ1n) is 8.11. The highest BCUT2D eigenvalue weighted by molar-refractivity contribution is 7.14. The maximum atomic E-state index is 12.2. The van der Waals surface area contributed by atoms with Crippen LogP contribution in [0.15, 0.2) is 6.07 Å². The third kappa shape index (κ3) is 5.06. The first-order chi connectivity index (χ1) is 11.2. The van der Waals surface area contributed by atoms with Crippen molar-refractivity contribution in [3.63, 3.8) is 0 Å². The lowest BCUT2D eigenvalue weighted by atomic mass is 9.99. The second-order valence-corrected chi connectivity index (χ2v) is 8.14. The van der Waals surface area contributed by atoms with E-state index in [1.807, 2.05) is 6.07 Å². The molecule has 1 aromatic heterocycles. The Balaban J connectivity index is 1.90. The molecule has 0 fully saturated rings. The van der Waals surface area contributed by atoms with E-state index in [-0.39, 0.29) is 0 Å². The van der Waals surface area contributed by atoms with Gasteiger partial charge < -0.3 is 10.1 Å². The van der Waals surface area contributed by atoms with Crippen LogP contribution in [0.4, 0.5) is 4.79 Å². The number of carbonyl (C=O) groups excluding carboxylic acids is 3. The fourth-order valence-corrected chi connectivity index (χ4v) is 3.59. The summed E-state index contributed by atoms with van der Waals surface area (Å²) < 4.78 is 5.19. The van der Waals surface area contributed by atoms with Crippen LogP contribution in [0.2, 0.25) is 0 Å². The van der Waals surface area contributed by atoms with Crippen molar-refractivity contribution in [1.29, 1.82) is 0 Å². The van der Waals surface area contributed by atoms with Gasteiger partial charge in [0.15, 0.2) is 6.10 Å². The number of fused-ring (bicyclic) bond motifs is 1. The Kier molecular flexibility index (Phi) is 5.64. The van der Waals surface area contributed by atoms with E-state index >= 15 is 0 Å². The summed E-state index contributed by atoms with van der Waals surface area (Å²) >= 11 is 1.43. The molecule has 1 aromatic rings. The Labute approximate surface area is 146 Å². The maximum Gasteiger partial charge on any atom is 0.349 e. The highest BCUT2D eigenvalue weighted by atomic mass is 32.1. The summed E-state index contributed by atoms with van der Waals surface area (Å²) in [6.45, 7) is 6.86. The minimum Gasteiger partial charge on any atom is -0.448 e. The summed E-state index contributed by atoms with van der Waals surface area (Å²) in [5.41, 5.74) is 0.750. The number of hydrogen-bond donors (Lipinski definition) is 2. The Morgan fingerprint density at radius 1 is 1.21 bits per heavy atom. The Morgan fingerprint density at radius 2 is 1.88 bits per heavy atom. The zero-order valence-electron chi connectivity index (χ0n) is 14.5. The third-order valence-corrected chi connectivity index (χ3v) is 4.79. The molecule has 24 heavy (non-hydrogen) atoms. The van der Waals surface area contributed by atoms with Gasteiger partial charge in [0.25, 0.3) is 5.91 Å². The molecule has 6 nitrogen and oxygen atoms in total. The second-order valence-electron chi connectivity index (χ2n) is 7.01. The van der Waals surface area contributed by atoms with Crippen molar-refractivity contribution >= 4 is 29.2 Å². The minimum absolute atomic E-state index is 0.458. The Hall–Kier alpha value is -1.89. The van der Waals surface area contributed by atoms with Gasteiger partial charge in [-0.2, -0.15) is 0 Å². The van der Waals surface area contributed by atoms with E-state index in [4.69, 9.17) is 4.74 Å². The molecule has 1 aliphatic rings. The van der Waals surface area contributed by atoms with Gasteiger partial charge in [0.05, 0.1) is 0 Å². The van der Waals surface area contributed by atoms with E-state index < -0.39 is 29.6 Å². The average Bonchev–Trinajstić information content (AvgIpc) is 2.88. The van der Waals surface area contributed by atoms with E-state index in [0.717, 1.165) is 25.7 Å². The quantitative estimate of drug-likeness (QED) is 0.819. The van der Waals surface area contributed by atoms with E-state index in [2.05, 4.69) is 10.6 Å². The van der Waals surface area contributed by atoms with Crippen LogP contribution in [-0.4, -0.2) is 29.6 Å². The average molecular weight is 352 g/mol. The predicted octanol–water partition coefficient (Wildman–Crippen LogP) is 2.80. The van der Waals surface area contributed by atoms with E-state index in [1.165, 1.54) is 28.7 Å². The molecular formula is C17H24N2O4S. The molecule has 2 N–H and O–H groups in total. The smallest absolute Gasteiger partial charge is 0.349 e. The Morgan fingerprint density at radius 3 is 2.50 bits per heavy atom. The van der Waals surface area contributed by atoms with Crippen LogP contribution < -0.4 is 10.6 Å². The number of thiophene rings is 1. The molecule has 0 spiro atoms. The summed E-state index contributed by atoms with van der Waals surface area (Å²) in [5.74, 6) is -1.17. The molecule has 132 valence electrons. The monoisotopic (exact) mass is 352 g/mol. The molecule has 1 heterocycles. The van der Waals surface area contributed by atoms with Crippen LogP contribution in [0.25, 0.3) is 0 Å². The van der Waals surface area contributed by atoms with Crippen LogP contribution in [0, 0.1) is 0 Å². The van der Waals surface area contributed by atoms with Crippen LogP contribution in [0.1, 0.15) is 60.6 Å². The molecule has 0 aliphatic heterocycles. The van der Waals surface area contributed by atoms with Gasteiger partial charge in [0.1, 0.15) is 4.88 Å².